The van der Waals surface area contributed by atoms with Crippen molar-refractivity contribution in [2.24, 2.45) is 7.05 Å². The minimum Gasteiger partial charge on any atom is -0.467 e. The van der Waals surface area contributed by atoms with Crippen molar-refractivity contribution < 1.29 is 4.74 Å². The number of rotatable bonds is 2. The van der Waals surface area contributed by atoms with E-state index in [1.54, 1.807) is 7.05 Å². The molecule has 7 heteroatoms. The molecule has 1 aromatic carbocycles. The van der Waals surface area contributed by atoms with Gasteiger partial charge >= 0.3 is 11.7 Å². The minimum absolute atomic E-state index is 0.241. The molecule has 0 aliphatic rings. The summed E-state index contributed by atoms with van der Waals surface area (Å²) in [6.07, 6.45) is 0. The second-order valence-electron chi connectivity index (χ2n) is 3.33. The number of ether oxygens (including phenoxy) is 1. The summed E-state index contributed by atoms with van der Waals surface area (Å²) in [4.78, 5) is 11.9. The van der Waals surface area contributed by atoms with Crippen LogP contribution in [0, 0.1) is 3.57 Å². The van der Waals surface area contributed by atoms with Gasteiger partial charge in [0.15, 0.2) is 0 Å². The van der Waals surface area contributed by atoms with Gasteiger partial charge in [0, 0.05) is 15.1 Å². The van der Waals surface area contributed by atoms with Gasteiger partial charge in [-0.3, -0.25) is 0 Å². The van der Waals surface area contributed by atoms with Gasteiger partial charge < -0.3 is 4.74 Å². The van der Waals surface area contributed by atoms with Crippen LogP contribution in [0.15, 0.2) is 27.5 Å². The maximum Gasteiger partial charge on any atom is 0.353 e. The lowest BCUT2D eigenvalue weighted by Crippen LogP contribution is -2.21. The lowest BCUT2D eigenvalue weighted by atomic mass is 10.3. The van der Waals surface area contributed by atoms with Crippen LogP contribution in [-0.4, -0.2) is 21.5 Å². The third-order valence-electron chi connectivity index (χ3n) is 2.24. The third-order valence-corrected chi connectivity index (χ3v) is 4.58. The van der Waals surface area contributed by atoms with E-state index in [1.807, 2.05) is 18.2 Å². The number of aryl methyl sites for hydroxylation is 1. The summed E-state index contributed by atoms with van der Waals surface area (Å²) in [5.41, 5.74) is 0.474. The zero-order valence-electron chi connectivity index (χ0n) is 9.15. The number of hydrogen-bond donors (Lipinski definition) is 0. The van der Waals surface area contributed by atoms with Crippen molar-refractivity contribution in [1.82, 2.24) is 14.3 Å². The summed E-state index contributed by atoms with van der Waals surface area (Å²) in [7, 11) is 3.07. The van der Waals surface area contributed by atoms with Gasteiger partial charge in [-0.1, -0.05) is 0 Å². The van der Waals surface area contributed by atoms with Crippen LogP contribution in [0.2, 0.25) is 0 Å². The van der Waals surface area contributed by atoms with Crippen molar-refractivity contribution in [1.29, 1.82) is 0 Å². The highest BCUT2D eigenvalue weighted by Crippen LogP contribution is 2.23. The summed E-state index contributed by atoms with van der Waals surface area (Å²) >= 11 is 5.64. The van der Waals surface area contributed by atoms with Crippen LogP contribution in [0.5, 0.6) is 6.01 Å². The van der Waals surface area contributed by atoms with Gasteiger partial charge in [0.05, 0.1) is 12.8 Å². The second kappa shape index (κ2) is 4.81. The molecule has 0 saturated heterocycles. The van der Waals surface area contributed by atoms with Crippen LogP contribution in [-0.2, 0) is 7.05 Å². The van der Waals surface area contributed by atoms with E-state index >= 15 is 0 Å². The molecular weight excluding hydrogens is 401 g/mol. The molecule has 0 amide bonds. The van der Waals surface area contributed by atoms with Gasteiger partial charge in [-0.15, -0.1) is 5.10 Å². The number of aromatic nitrogens is 3. The molecule has 0 saturated carbocycles. The van der Waals surface area contributed by atoms with E-state index in [9.17, 15) is 4.79 Å². The van der Waals surface area contributed by atoms with E-state index in [1.165, 1.54) is 16.4 Å². The largest absolute Gasteiger partial charge is 0.467 e. The van der Waals surface area contributed by atoms with Crippen LogP contribution in [0.25, 0.3) is 5.69 Å². The molecule has 2 rings (SSSR count). The molecule has 0 atom stereocenters. The van der Waals surface area contributed by atoms with E-state index in [2.05, 4.69) is 43.6 Å². The van der Waals surface area contributed by atoms with Crippen molar-refractivity contribution in [3.8, 4) is 11.7 Å². The zero-order valence-corrected chi connectivity index (χ0v) is 12.9. The van der Waals surface area contributed by atoms with Crippen molar-refractivity contribution in [2.45, 2.75) is 0 Å². The standard InChI is InChI=1S/C10H9BrIN3O2/c1-14-10(16)15(9(13-14)17-2)6-3-4-8(12)7(11)5-6/h3-5H,1-2H3. The van der Waals surface area contributed by atoms with E-state index in [-0.39, 0.29) is 11.7 Å². The Morgan fingerprint density at radius 1 is 1.47 bits per heavy atom. The van der Waals surface area contributed by atoms with E-state index in [0.29, 0.717) is 5.69 Å². The molecule has 0 fully saturated rings. The minimum atomic E-state index is -0.241. The van der Waals surface area contributed by atoms with Crippen LogP contribution >= 0.6 is 38.5 Å². The monoisotopic (exact) mass is 409 g/mol. The average Bonchev–Trinajstić information content (AvgIpc) is 2.59. The molecular formula is C10H9BrIN3O2. The smallest absolute Gasteiger partial charge is 0.353 e. The van der Waals surface area contributed by atoms with Crippen molar-refractivity contribution in [3.05, 3.63) is 36.7 Å². The molecule has 0 radical (unpaired) electrons. The van der Waals surface area contributed by atoms with Gasteiger partial charge in [0.25, 0.3) is 0 Å². The van der Waals surface area contributed by atoms with Crippen LogP contribution in [0.1, 0.15) is 0 Å². The molecule has 2 aromatic rings. The third kappa shape index (κ3) is 2.25. The Balaban J connectivity index is 2.67. The molecule has 1 heterocycles. The first-order chi connectivity index (χ1) is 8.04. The van der Waals surface area contributed by atoms with Crippen molar-refractivity contribution >= 4 is 38.5 Å². The van der Waals surface area contributed by atoms with E-state index in [0.717, 1.165) is 8.04 Å². The summed E-state index contributed by atoms with van der Waals surface area (Å²) in [6.45, 7) is 0. The van der Waals surface area contributed by atoms with Gasteiger partial charge in [-0.2, -0.15) is 0 Å². The fourth-order valence-electron chi connectivity index (χ4n) is 1.42. The van der Waals surface area contributed by atoms with Crippen molar-refractivity contribution in [2.75, 3.05) is 7.11 Å². The highest BCUT2D eigenvalue weighted by molar-refractivity contribution is 14.1. The molecule has 0 aliphatic carbocycles. The maximum atomic E-state index is 11.9. The van der Waals surface area contributed by atoms with Gasteiger partial charge in [0.2, 0.25) is 0 Å². The zero-order chi connectivity index (χ0) is 12.6. The average molecular weight is 410 g/mol. The summed E-state index contributed by atoms with van der Waals surface area (Å²) in [5.74, 6) is 0. The SMILES string of the molecule is COc1nn(C)c(=O)n1-c1ccc(I)c(Br)c1. The molecule has 0 unspecified atom stereocenters. The van der Waals surface area contributed by atoms with Crippen LogP contribution in [0.4, 0.5) is 0 Å². The van der Waals surface area contributed by atoms with Gasteiger partial charge in [-0.05, 0) is 56.7 Å². The molecule has 90 valence electrons. The lowest BCUT2D eigenvalue weighted by molar-refractivity contribution is 0.368. The Labute approximate surface area is 120 Å². The lowest BCUT2D eigenvalue weighted by Gasteiger charge is -2.05. The number of halogens is 2. The number of nitrogens with zero attached hydrogens (tertiary/aromatic N) is 3. The van der Waals surface area contributed by atoms with Crippen molar-refractivity contribution in [3.63, 3.8) is 0 Å². The fraction of sp³-hybridized carbons (Fsp3) is 0.200. The van der Waals surface area contributed by atoms with Crippen LogP contribution < -0.4 is 10.4 Å². The van der Waals surface area contributed by atoms with Crippen LogP contribution in [0.3, 0.4) is 0 Å². The Morgan fingerprint density at radius 2 is 2.18 bits per heavy atom. The number of methoxy groups -OCH3 is 1. The predicted octanol–water partition coefficient (Wildman–Crippen LogP) is 1.95. The first-order valence-electron chi connectivity index (χ1n) is 4.70. The summed E-state index contributed by atoms with van der Waals surface area (Å²) in [6, 6.07) is 5.88. The molecule has 0 bridgehead atoms. The van der Waals surface area contributed by atoms with Gasteiger partial charge in [-0.25, -0.2) is 14.0 Å². The Hall–Kier alpha value is -0.830. The summed E-state index contributed by atoms with van der Waals surface area (Å²) in [5, 5.41) is 3.98. The predicted molar refractivity (Wildman–Crippen MR) is 75.8 cm³/mol. The molecule has 1 aromatic heterocycles. The highest BCUT2D eigenvalue weighted by Gasteiger charge is 2.13. The first-order valence-corrected chi connectivity index (χ1v) is 6.57. The summed E-state index contributed by atoms with van der Waals surface area (Å²) < 4.78 is 9.74. The number of benzene rings is 1. The van der Waals surface area contributed by atoms with E-state index in [4.69, 9.17) is 4.74 Å². The quantitative estimate of drug-likeness (QED) is 0.712. The van der Waals surface area contributed by atoms with E-state index < -0.39 is 0 Å². The molecule has 0 spiro atoms. The fourth-order valence-corrected chi connectivity index (χ4v) is 2.12. The molecule has 0 aliphatic heterocycles. The maximum absolute atomic E-state index is 11.9. The highest BCUT2D eigenvalue weighted by atomic mass is 127. The Morgan fingerprint density at radius 3 is 2.76 bits per heavy atom. The van der Waals surface area contributed by atoms with Gasteiger partial charge in [0.1, 0.15) is 0 Å². The Kier molecular flexibility index (Phi) is 3.57. The molecule has 17 heavy (non-hydrogen) atoms. The first kappa shape index (κ1) is 12.6. The normalized spacial score (nSPS) is 10.6. The molecule has 5 nitrogen and oxygen atoms in total. The number of hydrogen-bond acceptors (Lipinski definition) is 3. The second-order valence-corrected chi connectivity index (χ2v) is 5.34. The topological polar surface area (TPSA) is 49.1 Å². The Bertz CT molecular complexity index is 620. The molecule has 0 N–H and O–H groups in total.